The Morgan fingerprint density at radius 1 is 1.69 bits per heavy atom. The van der Waals surface area contributed by atoms with Crippen molar-refractivity contribution < 1.29 is 14.3 Å². The molecule has 0 saturated carbocycles. The predicted octanol–water partition coefficient (Wildman–Crippen LogP) is 0.955. The van der Waals surface area contributed by atoms with Crippen LogP contribution in [0.3, 0.4) is 0 Å². The van der Waals surface area contributed by atoms with Crippen molar-refractivity contribution in [2.24, 2.45) is 0 Å². The summed E-state index contributed by atoms with van der Waals surface area (Å²) in [5.74, 6) is 1.84. The lowest BCUT2D eigenvalue weighted by Crippen LogP contribution is -2.25. The van der Waals surface area contributed by atoms with Gasteiger partial charge in [-0.1, -0.05) is 5.92 Å². The fourth-order valence-corrected chi connectivity index (χ4v) is 1.15. The van der Waals surface area contributed by atoms with Crippen LogP contribution in [0.25, 0.3) is 0 Å². The van der Waals surface area contributed by atoms with Crippen molar-refractivity contribution in [3.8, 4) is 12.3 Å². The quantitative estimate of drug-likeness (QED) is 0.702. The highest BCUT2D eigenvalue weighted by Gasteiger charge is 2.08. The van der Waals surface area contributed by atoms with Crippen molar-refractivity contribution in [1.82, 2.24) is 4.90 Å². The molecule has 0 aliphatic carbocycles. The number of hydrogen-bond acceptors (Lipinski definition) is 4. The van der Waals surface area contributed by atoms with Crippen LogP contribution >= 0.6 is 0 Å². The monoisotopic (exact) mass is 222 g/mol. The van der Waals surface area contributed by atoms with Gasteiger partial charge >= 0.3 is 5.97 Å². The van der Waals surface area contributed by atoms with E-state index in [0.29, 0.717) is 19.0 Å². The molecule has 1 aromatic rings. The minimum Gasteiger partial charge on any atom is -0.475 e. The van der Waals surface area contributed by atoms with E-state index in [2.05, 4.69) is 11.2 Å². The van der Waals surface area contributed by atoms with Gasteiger partial charge in [-0.05, 0) is 13.1 Å². The van der Waals surface area contributed by atoms with Gasteiger partial charge in [0.25, 0.3) is 0 Å². The van der Waals surface area contributed by atoms with Gasteiger partial charge in [-0.3, -0.25) is 4.90 Å². The molecule has 0 aromatic carbocycles. The Kier molecular flexibility index (Phi) is 4.42. The third kappa shape index (κ3) is 3.67. The number of carboxylic acid groups (broad SMARTS) is 1. The lowest BCUT2D eigenvalue weighted by Gasteiger charge is -2.12. The zero-order valence-electron chi connectivity index (χ0n) is 9.06. The molecule has 0 fully saturated rings. The maximum Gasteiger partial charge on any atom is 0.371 e. The summed E-state index contributed by atoms with van der Waals surface area (Å²) in [5.41, 5.74) is 0. The molecule has 0 aliphatic heterocycles. The number of carbonyl (C=O) groups is 1. The summed E-state index contributed by atoms with van der Waals surface area (Å²) in [6.45, 7) is 1.98. The average Bonchev–Trinajstić information content (AvgIpc) is 2.67. The molecule has 0 aliphatic rings. The van der Waals surface area contributed by atoms with Crippen molar-refractivity contribution in [3.05, 3.63) is 17.9 Å². The number of rotatable bonds is 6. The first-order valence-corrected chi connectivity index (χ1v) is 4.82. The van der Waals surface area contributed by atoms with Crippen molar-refractivity contribution in [2.75, 3.05) is 32.0 Å². The van der Waals surface area contributed by atoms with E-state index in [-0.39, 0.29) is 5.76 Å². The second kappa shape index (κ2) is 5.83. The van der Waals surface area contributed by atoms with E-state index < -0.39 is 5.97 Å². The number of nitrogens with zero attached hydrogens (tertiary/aromatic N) is 1. The molecule has 86 valence electrons. The average molecular weight is 222 g/mol. The normalized spacial score (nSPS) is 10.1. The molecule has 2 N–H and O–H groups in total. The molecule has 5 heteroatoms. The maximum absolute atomic E-state index is 10.5. The third-order valence-corrected chi connectivity index (χ3v) is 1.97. The Bertz CT molecular complexity index is 392. The van der Waals surface area contributed by atoms with Crippen molar-refractivity contribution in [2.45, 2.75) is 0 Å². The molecule has 0 bridgehead atoms. The van der Waals surface area contributed by atoms with Crippen LogP contribution in [0.5, 0.6) is 0 Å². The predicted molar refractivity (Wildman–Crippen MR) is 60.5 cm³/mol. The summed E-state index contributed by atoms with van der Waals surface area (Å²) in [6.07, 6.45) is 5.15. The van der Waals surface area contributed by atoms with Gasteiger partial charge in [-0.15, -0.1) is 6.42 Å². The highest BCUT2D eigenvalue weighted by molar-refractivity contribution is 5.84. The lowest BCUT2D eigenvalue weighted by atomic mass is 10.4. The van der Waals surface area contributed by atoms with E-state index in [1.54, 1.807) is 6.07 Å². The van der Waals surface area contributed by atoms with Crippen molar-refractivity contribution >= 4 is 11.9 Å². The number of carboxylic acids is 1. The van der Waals surface area contributed by atoms with Crippen LogP contribution in [0, 0.1) is 12.3 Å². The van der Waals surface area contributed by atoms with Gasteiger partial charge in [0.1, 0.15) is 0 Å². The minimum absolute atomic E-state index is 0.0699. The largest absolute Gasteiger partial charge is 0.475 e. The lowest BCUT2D eigenvalue weighted by molar-refractivity contribution is 0.0663. The Labute approximate surface area is 94.0 Å². The molecule has 0 spiro atoms. The van der Waals surface area contributed by atoms with E-state index in [1.165, 1.54) is 6.07 Å². The van der Waals surface area contributed by atoms with Crippen LogP contribution in [0.1, 0.15) is 10.6 Å². The molecule has 0 amide bonds. The van der Waals surface area contributed by atoms with E-state index in [4.69, 9.17) is 15.9 Å². The van der Waals surface area contributed by atoms with Gasteiger partial charge in [-0.2, -0.15) is 0 Å². The third-order valence-electron chi connectivity index (χ3n) is 1.97. The zero-order chi connectivity index (χ0) is 12.0. The SMILES string of the molecule is C#CCN(C)CCNc1ccc(C(=O)O)o1. The van der Waals surface area contributed by atoms with Crippen LogP contribution in [0.15, 0.2) is 16.5 Å². The fourth-order valence-electron chi connectivity index (χ4n) is 1.15. The standard InChI is InChI=1S/C11H14N2O3/c1-3-7-13(2)8-6-12-10-5-4-9(16-10)11(14)15/h1,4-5,12H,6-8H2,2H3,(H,14,15). The molecule has 0 unspecified atom stereocenters. The summed E-state index contributed by atoms with van der Waals surface area (Å²) >= 11 is 0. The molecule has 0 saturated heterocycles. The second-order valence-electron chi connectivity index (χ2n) is 3.34. The van der Waals surface area contributed by atoms with Crippen LogP contribution in [0.2, 0.25) is 0 Å². The summed E-state index contributed by atoms with van der Waals surface area (Å²) < 4.78 is 5.02. The summed E-state index contributed by atoms with van der Waals surface area (Å²) in [4.78, 5) is 12.5. The van der Waals surface area contributed by atoms with E-state index in [0.717, 1.165) is 6.54 Å². The van der Waals surface area contributed by atoms with Gasteiger partial charge in [0.2, 0.25) is 5.76 Å². The first-order chi connectivity index (χ1) is 7.63. The smallest absolute Gasteiger partial charge is 0.371 e. The molecule has 5 nitrogen and oxygen atoms in total. The highest BCUT2D eigenvalue weighted by atomic mass is 16.4. The molecule has 1 rings (SSSR count). The molecule has 0 atom stereocenters. The van der Waals surface area contributed by atoms with Crippen LogP contribution < -0.4 is 5.32 Å². The van der Waals surface area contributed by atoms with Crippen LogP contribution in [-0.2, 0) is 0 Å². The van der Waals surface area contributed by atoms with E-state index in [9.17, 15) is 4.79 Å². The molecule has 0 radical (unpaired) electrons. The van der Waals surface area contributed by atoms with Gasteiger partial charge in [-0.25, -0.2) is 4.79 Å². The van der Waals surface area contributed by atoms with Gasteiger partial charge in [0.15, 0.2) is 5.88 Å². The van der Waals surface area contributed by atoms with Crippen LogP contribution in [0.4, 0.5) is 5.88 Å². The van der Waals surface area contributed by atoms with Crippen LogP contribution in [-0.4, -0.2) is 42.7 Å². The number of terminal acetylenes is 1. The first kappa shape index (κ1) is 12.1. The van der Waals surface area contributed by atoms with Gasteiger partial charge < -0.3 is 14.8 Å². The highest BCUT2D eigenvalue weighted by Crippen LogP contribution is 2.12. The maximum atomic E-state index is 10.5. The minimum atomic E-state index is -1.07. The van der Waals surface area contributed by atoms with Gasteiger partial charge in [0.05, 0.1) is 6.54 Å². The van der Waals surface area contributed by atoms with E-state index in [1.807, 2.05) is 11.9 Å². The summed E-state index contributed by atoms with van der Waals surface area (Å²) in [6, 6.07) is 3.00. The van der Waals surface area contributed by atoms with Crippen molar-refractivity contribution in [3.63, 3.8) is 0 Å². The summed E-state index contributed by atoms with van der Waals surface area (Å²) in [5, 5.41) is 11.6. The zero-order valence-corrected chi connectivity index (χ0v) is 9.06. The number of nitrogens with one attached hydrogen (secondary N) is 1. The number of hydrogen-bond donors (Lipinski definition) is 2. The molecule has 1 heterocycles. The Morgan fingerprint density at radius 2 is 2.44 bits per heavy atom. The Balaban J connectivity index is 2.32. The van der Waals surface area contributed by atoms with Gasteiger partial charge in [0, 0.05) is 19.2 Å². The Morgan fingerprint density at radius 3 is 3.00 bits per heavy atom. The summed E-state index contributed by atoms with van der Waals surface area (Å²) in [7, 11) is 1.91. The topological polar surface area (TPSA) is 65.7 Å². The molecular formula is C11H14N2O3. The molecular weight excluding hydrogens is 208 g/mol. The number of anilines is 1. The first-order valence-electron chi connectivity index (χ1n) is 4.82. The van der Waals surface area contributed by atoms with Crippen molar-refractivity contribution in [1.29, 1.82) is 0 Å². The number of furan rings is 1. The Hall–Kier alpha value is -1.93. The molecule has 16 heavy (non-hydrogen) atoms. The van der Waals surface area contributed by atoms with E-state index >= 15 is 0 Å². The second-order valence-corrected chi connectivity index (χ2v) is 3.34. The number of likely N-dealkylation sites (N-methyl/N-ethyl adjacent to an activating group) is 1. The molecule has 1 aromatic heterocycles. The number of aromatic carboxylic acids is 1. The fraction of sp³-hybridized carbons (Fsp3) is 0.364.